The van der Waals surface area contributed by atoms with Gasteiger partial charge in [0.2, 0.25) is 0 Å². The zero-order chi connectivity index (χ0) is 20.0. The quantitative estimate of drug-likeness (QED) is 0.508. The summed E-state index contributed by atoms with van der Waals surface area (Å²) < 4.78 is 0. The lowest BCUT2D eigenvalue weighted by Gasteiger charge is -2.11. The fraction of sp³-hybridized carbons (Fsp3) is 0. The maximum Gasteiger partial charge on any atom is 0.261 e. The van der Waals surface area contributed by atoms with Crippen LogP contribution in [0.2, 0.25) is 0 Å². The number of nitrogens with one attached hydrogen (secondary N) is 2. The van der Waals surface area contributed by atoms with Crippen molar-refractivity contribution in [2.45, 2.75) is 0 Å². The molecule has 4 aromatic rings. The number of hydrogen-bond acceptors (Lipinski definition) is 5. The molecule has 0 fully saturated rings. The largest absolute Gasteiger partial charge is 0.321 e. The Labute approximate surface area is 169 Å². The molecule has 0 unspecified atom stereocenters. The zero-order valence-electron chi connectivity index (χ0n) is 14.9. The molecule has 0 aliphatic carbocycles. The summed E-state index contributed by atoms with van der Waals surface area (Å²) in [5.41, 5.74) is 2.59. The van der Waals surface area contributed by atoms with Gasteiger partial charge in [0, 0.05) is 5.39 Å². The molecule has 140 valence electrons. The lowest BCUT2D eigenvalue weighted by Crippen LogP contribution is -2.21. The minimum absolute atomic E-state index is 0.183. The first-order valence-electron chi connectivity index (χ1n) is 8.85. The Hall–Kier alpha value is -3.84. The van der Waals surface area contributed by atoms with Gasteiger partial charge in [0.25, 0.3) is 17.7 Å². The van der Waals surface area contributed by atoms with Gasteiger partial charge in [0.1, 0.15) is 0 Å². The van der Waals surface area contributed by atoms with Crippen molar-refractivity contribution in [3.05, 3.63) is 82.7 Å². The predicted octanol–water partition coefficient (Wildman–Crippen LogP) is 4.10. The van der Waals surface area contributed by atoms with Crippen LogP contribution in [-0.2, 0) is 0 Å². The first kappa shape index (κ1) is 17.3. The number of para-hydroxylation sites is 1. The van der Waals surface area contributed by atoms with Gasteiger partial charge < -0.3 is 5.32 Å². The van der Waals surface area contributed by atoms with Gasteiger partial charge in [0.15, 0.2) is 0 Å². The smallest absolute Gasteiger partial charge is 0.261 e. The number of carbonyl (C=O) groups excluding carboxylic acids is 3. The number of rotatable bonds is 3. The molecule has 2 N–H and O–H groups in total. The highest BCUT2D eigenvalue weighted by Gasteiger charge is 2.30. The highest BCUT2D eigenvalue weighted by atomic mass is 32.1. The molecule has 3 heterocycles. The molecular formula is C22H13N3O3S. The Morgan fingerprint density at radius 1 is 0.966 bits per heavy atom. The van der Waals surface area contributed by atoms with Crippen LogP contribution in [0.5, 0.6) is 0 Å². The summed E-state index contributed by atoms with van der Waals surface area (Å²) in [6.07, 6.45) is 0. The van der Waals surface area contributed by atoms with E-state index in [4.69, 9.17) is 0 Å². The summed E-state index contributed by atoms with van der Waals surface area (Å²) in [7, 11) is 0. The number of hydrogen-bond donors (Lipinski definition) is 2. The van der Waals surface area contributed by atoms with Gasteiger partial charge >= 0.3 is 0 Å². The molecule has 3 amide bonds. The number of nitrogens with zero attached hydrogens (tertiary/aromatic N) is 1. The van der Waals surface area contributed by atoms with Crippen LogP contribution >= 0.6 is 11.3 Å². The van der Waals surface area contributed by atoms with Crippen LogP contribution in [-0.4, -0.2) is 22.7 Å². The number of fused-ring (bicyclic) bond motifs is 2. The number of amides is 3. The number of aromatic nitrogens is 1. The lowest BCUT2D eigenvalue weighted by molar-refractivity contribution is 0.0879. The fourth-order valence-corrected chi connectivity index (χ4v) is 4.11. The molecule has 2 aromatic heterocycles. The SMILES string of the molecule is O=C1NC(=O)c2c(NC(=O)c3cc(-c4cccs4)nc4ccccc34)cccc21. The number of benzene rings is 2. The van der Waals surface area contributed by atoms with Crippen LogP contribution in [0.1, 0.15) is 31.1 Å². The minimum Gasteiger partial charge on any atom is -0.321 e. The monoisotopic (exact) mass is 399 g/mol. The third kappa shape index (κ3) is 2.88. The maximum absolute atomic E-state index is 13.2. The van der Waals surface area contributed by atoms with Gasteiger partial charge in [-0.3, -0.25) is 19.7 Å². The highest BCUT2D eigenvalue weighted by molar-refractivity contribution is 7.13. The molecule has 0 saturated heterocycles. The van der Waals surface area contributed by atoms with Crippen LogP contribution < -0.4 is 10.6 Å². The lowest BCUT2D eigenvalue weighted by atomic mass is 10.0. The van der Waals surface area contributed by atoms with E-state index < -0.39 is 11.8 Å². The van der Waals surface area contributed by atoms with Crippen molar-refractivity contribution in [2.75, 3.05) is 5.32 Å². The first-order valence-corrected chi connectivity index (χ1v) is 9.73. The van der Waals surface area contributed by atoms with E-state index in [0.29, 0.717) is 27.8 Å². The van der Waals surface area contributed by atoms with Crippen LogP contribution in [0.25, 0.3) is 21.5 Å². The summed E-state index contributed by atoms with van der Waals surface area (Å²) in [6, 6.07) is 17.8. The van der Waals surface area contributed by atoms with Crippen LogP contribution in [0.3, 0.4) is 0 Å². The van der Waals surface area contributed by atoms with Crippen LogP contribution in [0.15, 0.2) is 66.0 Å². The van der Waals surface area contributed by atoms with E-state index in [1.54, 1.807) is 35.6 Å². The molecule has 2 aromatic carbocycles. The minimum atomic E-state index is -0.514. The number of imide groups is 1. The van der Waals surface area contributed by atoms with E-state index in [1.807, 2.05) is 41.8 Å². The Morgan fingerprint density at radius 3 is 2.66 bits per heavy atom. The Bertz CT molecular complexity index is 1310. The number of pyridine rings is 1. The number of carbonyl (C=O) groups is 3. The summed E-state index contributed by atoms with van der Waals surface area (Å²) in [5, 5.41) is 7.71. The summed E-state index contributed by atoms with van der Waals surface area (Å²) in [6.45, 7) is 0. The highest BCUT2D eigenvalue weighted by Crippen LogP contribution is 2.29. The summed E-state index contributed by atoms with van der Waals surface area (Å²) >= 11 is 1.54. The Kier molecular flexibility index (Phi) is 3.96. The van der Waals surface area contributed by atoms with Crippen molar-refractivity contribution >= 4 is 45.6 Å². The van der Waals surface area contributed by atoms with Crippen LogP contribution in [0, 0.1) is 0 Å². The van der Waals surface area contributed by atoms with E-state index >= 15 is 0 Å². The molecule has 0 atom stereocenters. The van der Waals surface area contributed by atoms with E-state index in [0.717, 1.165) is 4.88 Å². The third-order valence-corrected chi connectivity index (χ3v) is 5.64. The van der Waals surface area contributed by atoms with Gasteiger partial charge in [-0.15, -0.1) is 11.3 Å². The second kappa shape index (κ2) is 6.65. The van der Waals surface area contributed by atoms with Crippen molar-refractivity contribution in [1.29, 1.82) is 0 Å². The topological polar surface area (TPSA) is 88.2 Å². The van der Waals surface area contributed by atoms with Gasteiger partial charge in [0.05, 0.1) is 38.5 Å². The molecule has 1 aliphatic rings. The third-order valence-electron chi connectivity index (χ3n) is 4.75. The first-order chi connectivity index (χ1) is 14.1. The predicted molar refractivity (Wildman–Crippen MR) is 111 cm³/mol. The van der Waals surface area contributed by atoms with Crippen molar-refractivity contribution in [3.8, 4) is 10.6 Å². The molecule has 0 bridgehead atoms. The van der Waals surface area contributed by atoms with Gasteiger partial charge in [-0.1, -0.05) is 30.3 Å². The van der Waals surface area contributed by atoms with Crippen molar-refractivity contribution in [1.82, 2.24) is 10.3 Å². The number of thiophene rings is 1. The van der Waals surface area contributed by atoms with E-state index in [2.05, 4.69) is 15.6 Å². The molecule has 1 aliphatic heterocycles. The molecule has 7 heteroatoms. The van der Waals surface area contributed by atoms with Gasteiger partial charge in [-0.2, -0.15) is 0 Å². The number of anilines is 1. The fourth-order valence-electron chi connectivity index (χ4n) is 3.43. The van der Waals surface area contributed by atoms with E-state index in [-0.39, 0.29) is 17.0 Å². The molecule has 6 nitrogen and oxygen atoms in total. The molecule has 0 saturated carbocycles. The molecule has 5 rings (SSSR count). The maximum atomic E-state index is 13.2. The normalized spacial score (nSPS) is 12.7. The Morgan fingerprint density at radius 2 is 1.83 bits per heavy atom. The van der Waals surface area contributed by atoms with Gasteiger partial charge in [-0.05, 0) is 35.7 Å². The van der Waals surface area contributed by atoms with E-state index in [9.17, 15) is 14.4 Å². The standard InChI is InChI=1S/C22H13N3O3S/c26-20-13-6-3-8-16(19(13)22(28)25-20)24-21(27)14-11-17(18-9-4-10-29-18)23-15-7-2-1-5-12(14)15/h1-11H,(H,24,27)(H,25,26,28). The average molecular weight is 399 g/mol. The van der Waals surface area contributed by atoms with E-state index in [1.165, 1.54) is 0 Å². The summed E-state index contributed by atoms with van der Waals surface area (Å²) in [4.78, 5) is 42.8. The van der Waals surface area contributed by atoms with Crippen molar-refractivity contribution in [2.24, 2.45) is 0 Å². The van der Waals surface area contributed by atoms with Crippen molar-refractivity contribution < 1.29 is 14.4 Å². The molecule has 0 radical (unpaired) electrons. The second-order valence-electron chi connectivity index (χ2n) is 6.52. The summed E-state index contributed by atoms with van der Waals surface area (Å²) in [5.74, 6) is -1.35. The Balaban J connectivity index is 1.61. The van der Waals surface area contributed by atoms with Crippen molar-refractivity contribution in [3.63, 3.8) is 0 Å². The molecular weight excluding hydrogens is 386 g/mol. The zero-order valence-corrected chi connectivity index (χ0v) is 15.7. The second-order valence-corrected chi connectivity index (χ2v) is 7.46. The van der Waals surface area contributed by atoms with Gasteiger partial charge in [-0.25, -0.2) is 4.98 Å². The van der Waals surface area contributed by atoms with Crippen LogP contribution in [0.4, 0.5) is 5.69 Å². The average Bonchev–Trinajstić information content (AvgIpc) is 3.36. The molecule has 29 heavy (non-hydrogen) atoms. The molecule has 0 spiro atoms.